The zero-order valence-electron chi connectivity index (χ0n) is 11.7. The number of alkyl halides is 1. The van der Waals surface area contributed by atoms with Gasteiger partial charge in [0.05, 0.1) is 0 Å². The summed E-state index contributed by atoms with van der Waals surface area (Å²) >= 11 is 1.72. The second-order valence-corrected chi connectivity index (χ2v) is 5.76. The van der Waals surface area contributed by atoms with Crippen LogP contribution in [0.3, 0.4) is 0 Å². The lowest BCUT2D eigenvalue weighted by Gasteiger charge is -2.02. The Bertz CT molecular complexity index is 736. The molecule has 3 aromatic rings. The topological polar surface area (TPSA) is 21.3 Å². The number of thiophene rings is 1. The lowest BCUT2D eigenvalue weighted by atomic mass is 10.1. The van der Waals surface area contributed by atoms with Crippen LogP contribution in [0.2, 0.25) is 0 Å². The number of halogens is 1. The number of fused-ring (bicyclic) bond motifs is 1. The molecule has 1 aromatic heterocycles. The van der Waals surface area contributed by atoms with Crippen molar-refractivity contribution in [3.8, 4) is 16.2 Å². The van der Waals surface area contributed by atoms with Crippen LogP contribution in [0, 0.1) is 0 Å². The van der Waals surface area contributed by atoms with E-state index < -0.39 is 6.67 Å². The van der Waals surface area contributed by atoms with E-state index in [1.807, 2.05) is 25.2 Å². The molecule has 0 spiro atoms. The van der Waals surface area contributed by atoms with Gasteiger partial charge >= 0.3 is 0 Å². The lowest BCUT2D eigenvalue weighted by Crippen LogP contribution is -1.97. The Labute approximate surface area is 127 Å². The van der Waals surface area contributed by atoms with Crippen LogP contribution < -0.4 is 10.1 Å². The smallest absolute Gasteiger partial charge is 0.123 e. The van der Waals surface area contributed by atoms with Gasteiger partial charge in [-0.05, 0) is 47.3 Å². The van der Waals surface area contributed by atoms with Crippen LogP contribution in [0.1, 0.15) is 0 Å². The third-order valence-corrected chi connectivity index (χ3v) is 4.44. The number of hydrogen-bond donors (Lipinski definition) is 1. The Morgan fingerprint density at radius 1 is 1.10 bits per heavy atom. The molecule has 0 aliphatic carbocycles. The second kappa shape index (κ2) is 6.14. The molecule has 108 valence electrons. The van der Waals surface area contributed by atoms with Crippen LogP contribution in [0.15, 0.2) is 48.5 Å². The number of rotatable bonds is 5. The van der Waals surface area contributed by atoms with Crippen LogP contribution in [-0.2, 0) is 0 Å². The summed E-state index contributed by atoms with van der Waals surface area (Å²) in [7, 11) is 1.91. The van der Waals surface area contributed by atoms with Crippen molar-refractivity contribution in [1.29, 1.82) is 0 Å². The molecule has 0 bridgehead atoms. The van der Waals surface area contributed by atoms with Gasteiger partial charge in [-0.1, -0.05) is 12.1 Å². The molecule has 3 rings (SSSR count). The van der Waals surface area contributed by atoms with Gasteiger partial charge in [-0.15, -0.1) is 11.3 Å². The molecule has 1 N–H and O–H groups in total. The lowest BCUT2D eigenvalue weighted by molar-refractivity contribution is 0.273. The SMILES string of the molecule is CNc1ccc(-c2cc3ccc(OCC[18F])cc3s2)cc1. The molecule has 4 heteroatoms. The van der Waals surface area contributed by atoms with E-state index in [0.717, 1.165) is 16.1 Å². The summed E-state index contributed by atoms with van der Waals surface area (Å²) in [6.45, 7) is -0.360. The van der Waals surface area contributed by atoms with Gasteiger partial charge in [-0.2, -0.15) is 0 Å². The normalized spacial score (nSPS) is 10.8. The zero-order chi connectivity index (χ0) is 14.7. The fraction of sp³-hybridized carbons (Fsp3) is 0.176. The molecule has 0 fully saturated rings. The van der Waals surface area contributed by atoms with E-state index in [1.165, 1.54) is 15.8 Å². The van der Waals surface area contributed by atoms with Gasteiger partial charge in [0.1, 0.15) is 19.0 Å². The molecule has 0 radical (unpaired) electrons. The highest BCUT2D eigenvalue weighted by Crippen LogP contribution is 2.35. The van der Waals surface area contributed by atoms with Gasteiger partial charge in [0.15, 0.2) is 0 Å². The minimum atomic E-state index is -0.467. The van der Waals surface area contributed by atoms with Crippen molar-refractivity contribution in [1.82, 2.24) is 0 Å². The van der Waals surface area contributed by atoms with Crippen molar-refractivity contribution in [2.45, 2.75) is 0 Å². The van der Waals surface area contributed by atoms with E-state index in [-0.39, 0.29) is 6.61 Å². The van der Waals surface area contributed by atoms with Crippen molar-refractivity contribution in [3.05, 3.63) is 48.5 Å². The Morgan fingerprint density at radius 3 is 2.62 bits per heavy atom. The monoisotopic (exact) mass is 300 g/mol. The Hall–Kier alpha value is -2.07. The highest BCUT2D eigenvalue weighted by Gasteiger charge is 2.06. The molecule has 1 heterocycles. The van der Waals surface area contributed by atoms with Crippen molar-refractivity contribution in [3.63, 3.8) is 0 Å². The second-order valence-electron chi connectivity index (χ2n) is 4.68. The average molecular weight is 300 g/mol. The van der Waals surface area contributed by atoms with Gasteiger partial charge in [0.25, 0.3) is 0 Å². The molecule has 2 nitrogen and oxygen atoms in total. The molecule has 0 amide bonds. The van der Waals surface area contributed by atoms with E-state index in [1.54, 1.807) is 11.3 Å². The van der Waals surface area contributed by atoms with Crippen LogP contribution in [-0.4, -0.2) is 20.3 Å². The molecule has 0 saturated heterocycles. The molecular weight excluding hydrogens is 284 g/mol. The summed E-state index contributed by atoms with van der Waals surface area (Å²) in [4.78, 5) is 1.22. The van der Waals surface area contributed by atoms with Crippen LogP contribution in [0.4, 0.5) is 10.1 Å². The minimum absolute atomic E-state index is 0.106. The van der Waals surface area contributed by atoms with Crippen LogP contribution in [0.25, 0.3) is 20.5 Å². The third kappa shape index (κ3) is 3.00. The number of anilines is 1. The van der Waals surface area contributed by atoms with Gasteiger partial charge in [-0.25, -0.2) is 4.39 Å². The van der Waals surface area contributed by atoms with Gasteiger partial charge in [0, 0.05) is 22.3 Å². The first-order valence-corrected chi connectivity index (χ1v) is 7.62. The van der Waals surface area contributed by atoms with Crippen molar-refractivity contribution in [2.24, 2.45) is 0 Å². The highest BCUT2D eigenvalue weighted by molar-refractivity contribution is 7.22. The number of benzene rings is 2. The van der Waals surface area contributed by atoms with Crippen molar-refractivity contribution < 1.29 is 9.13 Å². The maximum atomic E-state index is 12.2. The number of ether oxygens (including phenoxy) is 1. The van der Waals surface area contributed by atoms with E-state index in [4.69, 9.17) is 4.74 Å². The predicted octanol–water partition coefficient (Wildman–Crippen LogP) is 4.96. The average Bonchev–Trinajstić information content (AvgIpc) is 2.96. The largest absolute Gasteiger partial charge is 0.491 e. The molecule has 2 aromatic carbocycles. The Kier molecular flexibility index (Phi) is 4.06. The first-order valence-electron chi connectivity index (χ1n) is 6.81. The maximum Gasteiger partial charge on any atom is 0.123 e. The van der Waals surface area contributed by atoms with E-state index in [9.17, 15) is 4.39 Å². The summed E-state index contributed by atoms with van der Waals surface area (Å²) in [5, 5.41) is 4.30. The molecule has 0 aliphatic rings. The van der Waals surface area contributed by atoms with E-state index in [0.29, 0.717) is 0 Å². The number of hydrogen-bond acceptors (Lipinski definition) is 3. The fourth-order valence-electron chi connectivity index (χ4n) is 2.20. The van der Waals surface area contributed by atoms with Crippen LogP contribution in [0.5, 0.6) is 5.75 Å². The van der Waals surface area contributed by atoms with Gasteiger partial charge < -0.3 is 10.1 Å². The highest BCUT2D eigenvalue weighted by atomic mass is 32.1. The summed E-state index contributed by atoms with van der Waals surface area (Å²) in [6.07, 6.45) is 0. The quantitative estimate of drug-likeness (QED) is 0.719. The van der Waals surface area contributed by atoms with Crippen molar-refractivity contribution >= 4 is 27.1 Å². The zero-order valence-corrected chi connectivity index (χ0v) is 12.5. The number of nitrogens with one attached hydrogen (secondary N) is 1. The van der Waals surface area contributed by atoms with Gasteiger partial charge in [-0.3, -0.25) is 0 Å². The summed E-state index contributed by atoms with van der Waals surface area (Å²) in [6, 6.07) is 16.4. The van der Waals surface area contributed by atoms with E-state index >= 15 is 0 Å². The first-order chi connectivity index (χ1) is 10.3. The first kappa shape index (κ1) is 13.9. The summed E-state index contributed by atoms with van der Waals surface area (Å²) < 4.78 is 18.6. The van der Waals surface area contributed by atoms with Crippen molar-refractivity contribution in [2.75, 3.05) is 25.6 Å². The predicted molar refractivity (Wildman–Crippen MR) is 88.3 cm³/mol. The van der Waals surface area contributed by atoms with E-state index in [2.05, 4.69) is 35.6 Å². The fourth-order valence-corrected chi connectivity index (χ4v) is 3.30. The summed E-state index contributed by atoms with van der Waals surface area (Å²) in [5.41, 5.74) is 2.29. The van der Waals surface area contributed by atoms with Gasteiger partial charge in [0.2, 0.25) is 0 Å². The molecule has 0 saturated carbocycles. The molecular formula is C17H16FNOS. The molecule has 21 heavy (non-hydrogen) atoms. The molecule has 0 atom stereocenters. The maximum absolute atomic E-state index is 12.2. The van der Waals surface area contributed by atoms with Crippen LogP contribution >= 0.6 is 11.3 Å². The molecule has 0 aliphatic heterocycles. The third-order valence-electron chi connectivity index (χ3n) is 3.30. The standard InChI is InChI=1S/C17H16FNOS/c1-19-14-5-2-12(3-6-14)16-10-13-4-7-15(20-9-8-18)11-17(13)21-16/h2-7,10-11,19H,8-9H2,1H3/i18-1. The Morgan fingerprint density at radius 2 is 1.90 bits per heavy atom. The Balaban J connectivity index is 1.92. The molecule has 0 unspecified atom stereocenters. The minimum Gasteiger partial charge on any atom is -0.491 e. The summed E-state index contributed by atoms with van der Waals surface area (Å²) in [5.74, 6) is 0.721.